The van der Waals surface area contributed by atoms with Gasteiger partial charge in [-0.2, -0.15) is 13.2 Å². The van der Waals surface area contributed by atoms with Gasteiger partial charge in [0.05, 0.1) is 6.61 Å². The van der Waals surface area contributed by atoms with Crippen LogP contribution in [0.15, 0.2) is 24.3 Å². The Labute approximate surface area is 110 Å². The topological polar surface area (TPSA) is 55.5 Å². The maximum atomic E-state index is 13.1. The van der Waals surface area contributed by atoms with Gasteiger partial charge >= 0.3 is 6.18 Å². The Hall–Kier alpha value is -1.27. The highest BCUT2D eigenvalue weighted by atomic mass is 19.4. The SMILES string of the molecule is CCOc1ccc(C(O)(C(N)CC)C(F)(F)F)cc1. The minimum absolute atomic E-state index is 0.00320. The molecule has 0 saturated heterocycles. The van der Waals surface area contributed by atoms with Gasteiger partial charge in [-0.05, 0) is 31.0 Å². The van der Waals surface area contributed by atoms with Crippen molar-refractivity contribution < 1.29 is 23.0 Å². The molecule has 0 spiro atoms. The van der Waals surface area contributed by atoms with Gasteiger partial charge in [0, 0.05) is 6.04 Å². The summed E-state index contributed by atoms with van der Waals surface area (Å²) in [5.41, 5.74) is 2.14. The van der Waals surface area contributed by atoms with Crippen molar-refractivity contribution in [3.63, 3.8) is 0 Å². The second-order valence-corrected chi connectivity index (χ2v) is 4.24. The molecule has 3 N–H and O–H groups in total. The van der Waals surface area contributed by atoms with Crippen molar-refractivity contribution >= 4 is 0 Å². The van der Waals surface area contributed by atoms with Gasteiger partial charge < -0.3 is 15.6 Å². The molecule has 1 rings (SSSR count). The molecule has 0 aromatic heterocycles. The van der Waals surface area contributed by atoms with E-state index < -0.39 is 17.8 Å². The van der Waals surface area contributed by atoms with Gasteiger partial charge in [-0.3, -0.25) is 0 Å². The van der Waals surface area contributed by atoms with Crippen LogP contribution in [-0.4, -0.2) is 23.9 Å². The van der Waals surface area contributed by atoms with Crippen LogP contribution in [0.3, 0.4) is 0 Å². The van der Waals surface area contributed by atoms with Crippen LogP contribution in [-0.2, 0) is 5.60 Å². The smallest absolute Gasteiger partial charge is 0.422 e. The first-order valence-corrected chi connectivity index (χ1v) is 6.05. The van der Waals surface area contributed by atoms with Crippen LogP contribution in [0.25, 0.3) is 0 Å². The fourth-order valence-corrected chi connectivity index (χ4v) is 1.86. The Balaban J connectivity index is 3.19. The van der Waals surface area contributed by atoms with Crippen LogP contribution < -0.4 is 10.5 Å². The Kier molecular flexibility index (Phi) is 4.81. The summed E-state index contributed by atoms with van der Waals surface area (Å²) in [5.74, 6) is 0.445. The molecule has 108 valence electrons. The van der Waals surface area contributed by atoms with Crippen LogP contribution >= 0.6 is 0 Å². The summed E-state index contributed by atoms with van der Waals surface area (Å²) in [6, 6.07) is 3.73. The molecule has 0 aliphatic heterocycles. The Morgan fingerprint density at radius 3 is 2.11 bits per heavy atom. The predicted octanol–water partition coefficient (Wildman–Crippen LogP) is 2.57. The summed E-state index contributed by atoms with van der Waals surface area (Å²) >= 11 is 0. The number of halogens is 3. The van der Waals surface area contributed by atoms with Crippen molar-refractivity contribution in [2.75, 3.05) is 6.61 Å². The quantitative estimate of drug-likeness (QED) is 0.869. The largest absolute Gasteiger partial charge is 0.494 e. The molecular weight excluding hydrogens is 259 g/mol. The fraction of sp³-hybridized carbons (Fsp3) is 0.538. The monoisotopic (exact) mass is 277 g/mol. The lowest BCUT2D eigenvalue weighted by atomic mass is 9.84. The number of hydrogen-bond donors (Lipinski definition) is 2. The van der Waals surface area contributed by atoms with Gasteiger partial charge in [-0.15, -0.1) is 0 Å². The first-order chi connectivity index (χ1) is 8.77. The highest BCUT2D eigenvalue weighted by Gasteiger charge is 2.58. The average Bonchev–Trinajstić information content (AvgIpc) is 2.36. The fourth-order valence-electron chi connectivity index (χ4n) is 1.86. The van der Waals surface area contributed by atoms with Crippen LogP contribution in [0.2, 0.25) is 0 Å². The molecule has 0 heterocycles. The lowest BCUT2D eigenvalue weighted by molar-refractivity contribution is -0.274. The third-order valence-corrected chi connectivity index (χ3v) is 3.01. The van der Waals surface area contributed by atoms with Gasteiger partial charge in [-0.1, -0.05) is 19.1 Å². The number of nitrogens with two attached hydrogens (primary N) is 1. The number of hydrogen-bond acceptors (Lipinski definition) is 3. The van der Waals surface area contributed by atoms with Crippen LogP contribution in [0.4, 0.5) is 13.2 Å². The van der Waals surface area contributed by atoms with Crippen molar-refractivity contribution in [3.05, 3.63) is 29.8 Å². The number of alkyl halides is 3. The molecule has 0 fully saturated rings. The summed E-state index contributed by atoms with van der Waals surface area (Å²) < 4.78 is 44.5. The van der Waals surface area contributed by atoms with Crippen LogP contribution in [0.5, 0.6) is 5.75 Å². The Morgan fingerprint density at radius 1 is 1.21 bits per heavy atom. The molecule has 6 heteroatoms. The Morgan fingerprint density at radius 2 is 1.74 bits per heavy atom. The van der Waals surface area contributed by atoms with E-state index in [0.29, 0.717) is 12.4 Å². The van der Waals surface area contributed by atoms with Crippen molar-refractivity contribution in [1.29, 1.82) is 0 Å². The molecule has 0 bridgehead atoms. The predicted molar refractivity (Wildman–Crippen MR) is 65.8 cm³/mol. The van der Waals surface area contributed by atoms with Gasteiger partial charge in [0.25, 0.3) is 0 Å². The van der Waals surface area contributed by atoms with Gasteiger partial charge in [0.2, 0.25) is 5.60 Å². The highest BCUT2D eigenvalue weighted by Crippen LogP contribution is 2.42. The zero-order chi connectivity index (χ0) is 14.7. The third-order valence-electron chi connectivity index (χ3n) is 3.01. The van der Waals surface area contributed by atoms with Crippen LogP contribution in [0.1, 0.15) is 25.8 Å². The molecule has 1 aromatic carbocycles. The first kappa shape index (κ1) is 15.8. The van der Waals surface area contributed by atoms with Gasteiger partial charge in [0.15, 0.2) is 0 Å². The average molecular weight is 277 g/mol. The summed E-state index contributed by atoms with van der Waals surface area (Å²) in [5, 5.41) is 10.0. The summed E-state index contributed by atoms with van der Waals surface area (Å²) in [7, 11) is 0. The molecule has 19 heavy (non-hydrogen) atoms. The van der Waals surface area contributed by atoms with E-state index in [1.54, 1.807) is 6.92 Å². The van der Waals surface area contributed by atoms with E-state index in [1.807, 2.05) is 0 Å². The zero-order valence-corrected chi connectivity index (χ0v) is 10.9. The van der Waals surface area contributed by atoms with Gasteiger partial charge in [-0.25, -0.2) is 0 Å². The Bertz CT molecular complexity index is 405. The number of aliphatic hydroxyl groups is 1. The van der Waals surface area contributed by atoms with Crippen molar-refractivity contribution in [1.82, 2.24) is 0 Å². The van der Waals surface area contributed by atoms with E-state index in [2.05, 4.69) is 0 Å². The molecule has 1 aromatic rings. The van der Waals surface area contributed by atoms with E-state index in [1.165, 1.54) is 31.2 Å². The zero-order valence-electron chi connectivity index (χ0n) is 10.9. The van der Waals surface area contributed by atoms with E-state index in [9.17, 15) is 18.3 Å². The maximum absolute atomic E-state index is 13.1. The maximum Gasteiger partial charge on any atom is 0.422 e. The molecule has 3 nitrogen and oxygen atoms in total. The minimum atomic E-state index is -4.84. The molecule has 2 unspecified atom stereocenters. The molecule has 0 radical (unpaired) electrons. The van der Waals surface area contributed by atoms with E-state index in [4.69, 9.17) is 10.5 Å². The minimum Gasteiger partial charge on any atom is -0.494 e. The summed E-state index contributed by atoms with van der Waals surface area (Å²) in [6.45, 7) is 3.68. The molecule has 0 amide bonds. The molecule has 2 atom stereocenters. The molecule has 0 aliphatic carbocycles. The summed E-state index contributed by atoms with van der Waals surface area (Å²) in [4.78, 5) is 0. The lowest BCUT2D eigenvalue weighted by Crippen LogP contribution is -2.55. The van der Waals surface area contributed by atoms with Crippen molar-refractivity contribution in [2.24, 2.45) is 5.73 Å². The first-order valence-electron chi connectivity index (χ1n) is 6.05. The molecular formula is C13H18F3NO2. The van der Waals surface area contributed by atoms with Crippen molar-refractivity contribution in [2.45, 2.75) is 38.1 Å². The molecule has 0 aliphatic rings. The second-order valence-electron chi connectivity index (χ2n) is 4.24. The van der Waals surface area contributed by atoms with E-state index in [-0.39, 0.29) is 12.0 Å². The van der Waals surface area contributed by atoms with Crippen molar-refractivity contribution in [3.8, 4) is 5.75 Å². The highest BCUT2D eigenvalue weighted by molar-refractivity contribution is 5.33. The van der Waals surface area contributed by atoms with Crippen LogP contribution in [0, 0.1) is 0 Å². The third kappa shape index (κ3) is 3.01. The lowest BCUT2D eigenvalue weighted by Gasteiger charge is -2.35. The number of benzene rings is 1. The second kappa shape index (κ2) is 5.79. The van der Waals surface area contributed by atoms with E-state index in [0.717, 1.165) is 0 Å². The number of rotatable bonds is 5. The number of ether oxygens (including phenoxy) is 1. The summed E-state index contributed by atoms with van der Waals surface area (Å²) in [6.07, 6.45) is -4.83. The standard InChI is InChI=1S/C13H18F3NO2/c1-3-11(17)12(18,13(14,15)16)9-5-7-10(8-6-9)19-4-2/h5-8,11,18H,3-4,17H2,1-2H3. The normalized spacial score (nSPS) is 16.8. The van der Waals surface area contributed by atoms with E-state index >= 15 is 0 Å². The van der Waals surface area contributed by atoms with Gasteiger partial charge in [0.1, 0.15) is 5.75 Å². The molecule has 0 saturated carbocycles.